The number of rotatable bonds is 5. The van der Waals surface area contributed by atoms with E-state index in [1.807, 2.05) is 12.1 Å². The number of aryl methyl sites for hydroxylation is 1. The molecule has 2 heterocycles. The van der Waals surface area contributed by atoms with Crippen molar-refractivity contribution < 1.29 is 9.21 Å². The molecule has 1 atom stereocenters. The maximum Gasteiger partial charge on any atom is 0.274 e. The lowest BCUT2D eigenvalue weighted by molar-refractivity contribution is 0.0926. The number of amides is 1. The maximum absolute atomic E-state index is 12.2. The minimum absolute atomic E-state index is 0.0766. The molecule has 0 aliphatic rings. The van der Waals surface area contributed by atoms with E-state index in [1.54, 1.807) is 19.3 Å². The highest BCUT2D eigenvalue weighted by Crippen LogP contribution is 2.21. The van der Waals surface area contributed by atoms with Crippen molar-refractivity contribution in [2.24, 2.45) is 5.92 Å². The van der Waals surface area contributed by atoms with Crippen molar-refractivity contribution in [1.29, 1.82) is 0 Å². The van der Waals surface area contributed by atoms with Gasteiger partial charge in [-0.1, -0.05) is 19.9 Å². The fourth-order valence-corrected chi connectivity index (χ4v) is 2.08. The summed E-state index contributed by atoms with van der Waals surface area (Å²) in [6.45, 7) is 5.97. The standard InChI is InChI=1S/C15H19N3O2/c1-10(2)7-13(12-5-4-6-16-8-12)18-15(19)14-11(3)20-9-17-14/h4-6,8-10,13H,7H2,1-3H3,(H,18,19)/t13-/m1/s1. The second kappa shape index (κ2) is 6.32. The molecule has 0 spiro atoms. The van der Waals surface area contributed by atoms with Gasteiger partial charge >= 0.3 is 0 Å². The molecule has 106 valence electrons. The molecule has 0 saturated carbocycles. The molecular formula is C15H19N3O2. The third-order valence-corrected chi connectivity index (χ3v) is 3.06. The van der Waals surface area contributed by atoms with E-state index in [1.165, 1.54) is 6.39 Å². The Bertz CT molecular complexity index is 564. The average Bonchev–Trinajstić information content (AvgIpc) is 2.85. The summed E-state index contributed by atoms with van der Waals surface area (Å²) in [5.74, 6) is 0.765. The van der Waals surface area contributed by atoms with Crippen molar-refractivity contribution in [3.8, 4) is 0 Å². The Labute approximate surface area is 118 Å². The zero-order valence-electron chi connectivity index (χ0n) is 12.0. The van der Waals surface area contributed by atoms with Crippen LogP contribution in [0.5, 0.6) is 0 Å². The first-order valence-electron chi connectivity index (χ1n) is 6.68. The van der Waals surface area contributed by atoms with Crippen molar-refractivity contribution in [3.05, 3.63) is 47.9 Å². The number of nitrogens with zero attached hydrogens (tertiary/aromatic N) is 2. The fourth-order valence-electron chi connectivity index (χ4n) is 2.08. The van der Waals surface area contributed by atoms with Gasteiger partial charge in [-0.3, -0.25) is 9.78 Å². The lowest BCUT2D eigenvalue weighted by atomic mass is 9.98. The first-order valence-corrected chi connectivity index (χ1v) is 6.68. The summed E-state index contributed by atoms with van der Waals surface area (Å²) in [5, 5.41) is 3.01. The van der Waals surface area contributed by atoms with Crippen LogP contribution in [0, 0.1) is 12.8 Å². The van der Waals surface area contributed by atoms with Crippen LogP contribution in [-0.4, -0.2) is 15.9 Å². The van der Waals surface area contributed by atoms with E-state index in [0.717, 1.165) is 12.0 Å². The topological polar surface area (TPSA) is 68.0 Å². The van der Waals surface area contributed by atoms with Crippen LogP contribution in [0.1, 0.15) is 48.1 Å². The SMILES string of the molecule is Cc1ocnc1C(=O)N[C@H](CC(C)C)c1cccnc1. The molecule has 0 aromatic carbocycles. The van der Waals surface area contributed by atoms with Gasteiger partial charge in [-0.15, -0.1) is 0 Å². The van der Waals surface area contributed by atoms with Gasteiger partial charge < -0.3 is 9.73 Å². The molecule has 2 aromatic heterocycles. The molecule has 2 rings (SSSR count). The zero-order chi connectivity index (χ0) is 14.5. The lowest BCUT2D eigenvalue weighted by Gasteiger charge is -2.20. The number of carbonyl (C=O) groups excluding carboxylic acids is 1. The van der Waals surface area contributed by atoms with Crippen molar-refractivity contribution in [1.82, 2.24) is 15.3 Å². The fraction of sp³-hybridized carbons (Fsp3) is 0.400. The summed E-state index contributed by atoms with van der Waals surface area (Å²) in [6, 6.07) is 3.76. The smallest absolute Gasteiger partial charge is 0.274 e. The first kappa shape index (κ1) is 14.2. The highest BCUT2D eigenvalue weighted by molar-refractivity contribution is 5.93. The van der Waals surface area contributed by atoms with Crippen molar-refractivity contribution >= 4 is 5.91 Å². The number of pyridine rings is 1. The minimum atomic E-state index is -0.217. The molecule has 0 aliphatic carbocycles. The van der Waals surface area contributed by atoms with E-state index in [-0.39, 0.29) is 11.9 Å². The van der Waals surface area contributed by atoms with Gasteiger partial charge in [0.15, 0.2) is 12.1 Å². The molecule has 0 radical (unpaired) electrons. The van der Waals surface area contributed by atoms with Gasteiger partial charge in [0, 0.05) is 12.4 Å². The molecule has 0 fully saturated rings. The number of nitrogens with one attached hydrogen (secondary N) is 1. The summed E-state index contributed by atoms with van der Waals surface area (Å²) in [7, 11) is 0. The average molecular weight is 273 g/mol. The van der Waals surface area contributed by atoms with E-state index >= 15 is 0 Å². The molecule has 5 heteroatoms. The van der Waals surface area contributed by atoms with Crippen LogP contribution in [0.3, 0.4) is 0 Å². The molecule has 0 unspecified atom stereocenters. The predicted molar refractivity (Wildman–Crippen MR) is 75.1 cm³/mol. The zero-order valence-corrected chi connectivity index (χ0v) is 12.0. The van der Waals surface area contributed by atoms with E-state index < -0.39 is 0 Å². The normalized spacial score (nSPS) is 12.4. The van der Waals surface area contributed by atoms with Gasteiger partial charge in [-0.25, -0.2) is 4.98 Å². The molecule has 5 nitrogen and oxygen atoms in total. The third-order valence-electron chi connectivity index (χ3n) is 3.06. The van der Waals surface area contributed by atoms with Crippen LogP contribution in [-0.2, 0) is 0 Å². The van der Waals surface area contributed by atoms with E-state index in [9.17, 15) is 4.79 Å². The van der Waals surface area contributed by atoms with E-state index in [2.05, 4.69) is 29.1 Å². The molecular weight excluding hydrogens is 254 g/mol. The summed E-state index contributed by atoms with van der Waals surface area (Å²) in [5.41, 5.74) is 1.33. The Kier molecular flexibility index (Phi) is 4.50. The molecule has 0 aliphatic heterocycles. The molecule has 1 N–H and O–H groups in total. The van der Waals surface area contributed by atoms with E-state index in [4.69, 9.17) is 4.42 Å². The van der Waals surface area contributed by atoms with Crippen LogP contribution >= 0.6 is 0 Å². The second-order valence-electron chi connectivity index (χ2n) is 5.20. The summed E-state index contributed by atoms with van der Waals surface area (Å²) in [6.07, 6.45) is 5.63. The summed E-state index contributed by atoms with van der Waals surface area (Å²) >= 11 is 0. The van der Waals surface area contributed by atoms with Crippen molar-refractivity contribution in [2.75, 3.05) is 0 Å². The Morgan fingerprint density at radius 3 is 2.80 bits per heavy atom. The largest absolute Gasteiger partial charge is 0.448 e. The summed E-state index contributed by atoms with van der Waals surface area (Å²) < 4.78 is 5.07. The quantitative estimate of drug-likeness (QED) is 0.909. The number of aromatic nitrogens is 2. The predicted octanol–water partition coefficient (Wildman–Crippen LogP) is 2.90. The van der Waals surface area contributed by atoms with Crippen LogP contribution in [0.15, 0.2) is 35.3 Å². The minimum Gasteiger partial charge on any atom is -0.448 e. The second-order valence-corrected chi connectivity index (χ2v) is 5.20. The Morgan fingerprint density at radius 2 is 2.25 bits per heavy atom. The van der Waals surface area contributed by atoms with Gasteiger partial charge in [-0.2, -0.15) is 0 Å². The number of oxazole rings is 1. The van der Waals surface area contributed by atoms with Crippen molar-refractivity contribution in [3.63, 3.8) is 0 Å². The molecule has 0 bridgehead atoms. The van der Waals surface area contributed by atoms with Crippen LogP contribution in [0.25, 0.3) is 0 Å². The highest BCUT2D eigenvalue weighted by atomic mass is 16.3. The highest BCUT2D eigenvalue weighted by Gasteiger charge is 2.20. The Hall–Kier alpha value is -2.17. The van der Waals surface area contributed by atoms with Gasteiger partial charge in [0.1, 0.15) is 5.76 Å². The maximum atomic E-state index is 12.2. The Balaban J connectivity index is 2.16. The van der Waals surface area contributed by atoms with Crippen LogP contribution < -0.4 is 5.32 Å². The lowest BCUT2D eigenvalue weighted by Crippen LogP contribution is -2.30. The summed E-state index contributed by atoms with van der Waals surface area (Å²) in [4.78, 5) is 20.3. The number of hydrogen-bond donors (Lipinski definition) is 1. The van der Waals surface area contributed by atoms with Gasteiger partial charge in [0.05, 0.1) is 6.04 Å². The number of hydrogen-bond acceptors (Lipinski definition) is 4. The van der Waals surface area contributed by atoms with Crippen LogP contribution in [0.2, 0.25) is 0 Å². The molecule has 0 saturated heterocycles. The van der Waals surface area contributed by atoms with Crippen LogP contribution in [0.4, 0.5) is 0 Å². The number of carbonyl (C=O) groups is 1. The molecule has 2 aromatic rings. The third kappa shape index (κ3) is 3.44. The molecule has 20 heavy (non-hydrogen) atoms. The monoisotopic (exact) mass is 273 g/mol. The first-order chi connectivity index (χ1) is 9.58. The van der Waals surface area contributed by atoms with Crippen molar-refractivity contribution in [2.45, 2.75) is 33.2 Å². The van der Waals surface area contributed by atoms with E-state index in [0.29, 0.717) is 17.4 Å². The Morgan fingerprint density at radius 1 is 1.45 bits per heavy atom. The molecule has 1 amide bonds. The van der Waals surface area contributed by atoms with Gasteiger partial charge in [0.25, 0.3) is 5.91 Å². The van der Waals surface area contributed by atoms with Gasteiger partial charge in [0.2, 0.25) is 0 Å². The van der Waals surface area contributed by atoms with Gasteiger partial charge in [-0.05, 0) is 30.9 Å².